The van der Waals surface area contributed by atoms with Gasteiger partial charge in [0.25, 0.3) is 0 Å². The molecule has 1 heterocycles. The zero-order valence-electron chi connectivity index (χ0n) is 6.81. The maximum absolute atomic E-state index is 11.1. The Morgan fingerprint density at radius 1 is 1.58 bits per heavy atom. The van der Waals surface area contributed by atoms with Gasteiger partial charge < -0.3 is 4.74 Å². The molecule has 1 atom stereocenters. The van der Waals surface area contributed by atoms with Gasteiger partial charge in [0.15, 0.2) is 0 Å². The van der Waals surface area contributed by atoms with E-state index in [1.54, 1.807) is 6.08 Å². The Morgan fingerprint density at radius 2 is 2.42 bits per heavy atom. The van der Waals surface area contributed by atoms with Crippen molar-refractivity contribution < 1.29 is 9.53 Å². The van der Waals surface area contributed by atoms with Crippen molar-refractivity contribution >= 4 is 28.6 Å². The van der Waals surface area contributed by atoms with Crippen LogP contribution in [0.4, 0.5) is 0 Å². The van der Waals surface area contributed by atoms with Gasteiger partial charge in [-0.25, -0.2) is 4.79 Å². The van der Waals surface area contributed by atoms with Gasteiger partial charge in [0.2, 0.25) is 0 Å². The molecule has 0 radical (unpaired) electrons. The van der Waals surface area contributed by atoms with E-state index < -0.39 is 0 Å². The van der Waals surface area contributed by atoms with Gasteiger partial charge in [0.1, 0.15) is 5.60 Å². The lowest BCUT2D eigenvalue weighted by Gasteiger charge is -2.32. The fraction of sp³-hybridized carbons (Fsp3) is 0.667. The number of rotatable bonds is 1. The maximum atomic E-state index is 11.1. The molecule has 1 aliphatic carbocycles. The first-order valence-corrected chi connectivity index (χ1v) is 5.79. The van der Waals surface area contributed by atoms with Gasteiger partial charge in [-0.3, -0.25) is 0 Å². The molecule has 2 nitrogen and oxygen atoms in total. The standard InChI is InChI=1S/C9H11IO2/c10-6-9-4-2-1-3-7(9)5-8(11)12-9/h5H,1-4,6H2. The van der Waals surface area contributed by atoms with E-state index in [1.165, 1.54) is 18.4 Å². The number of alkyl halides is 1. The molecule has 0 bridgehead atoms. The van der Waals surface area contributed by atoms with Crippen LogP contribution in [-0.4, -0.2) is 16.0 Å². The van der Waals surface area contributed by atoms with Crippen molar-refractivity contribution in [3.63, 3.8) is 0 Å². The molecule has 1 aliphatic heterocycles. The molecule has 66 valence electrons. The fourth-order valence-corrected chi connectivity index (χ4v) is 3.01. The van der Waals surface area contributed by atoms with Crippen LogP contribution in [0.1, 0.15) is 25.7 Å². The molecule has 0 N–H and O–H groups in total. The minimum absolute atomic E-state index is 0.136. The van der Waals surface area contributed by atoms with Crippen LogP contribution < -0.4 is 0 Å². The lowest BCUT2D eigenvalue weighted by molar-refractivity contribution is -0.145. The minimum Gasteiger partial charge on any atom is -0.451 e. The van der Waals surface area contributed by atoms with Gasteiger partial charge in [-0.1, -0.05) is 22.6 Å². The molecule has 0 saturated heterocycles. The monoisotopic (exact) mass is 278 g/mol. The van der Waals surface area contributed by atoms with Crippen LogP contribution in [0.2, 0.25) is 0 Å². The third kappa shape index (κ3) is 1.18. The summed E-state index contributed by atoms with van der Waals surface area (Å²) < 4.78 is 6.27. The lowest BCUT2D eigenvalue weighted by Crippen LogP contribution is -2.36. The number of halogens is 1. The fourth-order valence-electron chi connectivity index (χ4n) is 1.98. The molecule has 12 heavy (non-hydrogen) atoms. The predicted molar refractivity (Wildman–Crippen MR) is 54.3 cm³/mol. The number of esters is 1. The van der Waals surface area contributed by atoms with Crippen molar-refractivity contribution in [3.8, 4) is 0 Å². The second-order valence-corrected chi connectivity index (χ2v) is 4.19. The van der Waals surface area contributed by atoms with Crippen LogP contribution in [0, 0.1) is 0 Å². The van der Waals surface area contributed by atoms with Crippen molar-refractivity contribution in [1.82, 2.24) is 0 Å². The highest BCUT2D eigenvalue weighted by molar-refractivity contribution is 14.1. The Bertz CT molecular complexity index is 247. The van der Waals surface area contributed by atoms with Crippen LogP contribution in [-0.2, 0) is 9.53 Å². The van der Waals surface area contributed by atoms with Gasteiger partial charge in [-0.15, -0.1) is 0 Å². The van der Waals surface area contributed by atoms with Gasteiger partial charge >= 0.3 is 5.97 Å². The van der Waals surface area contributed by atoms with Gasteiger partial charge in [0, 0.05) is 10.5 Å². The van der Waals surface area contributed by atoms with Crippen LogP contribution >= 0.6 is 22.6 Å². The Balaban J connectivity index is 2.29. The molecular weight excluding hydrogens is 267 g/mol. The number of hydrogen-bond acceptors (Lipinski definition) is 2. The van der Waals surface area contributed by atoms with Crippen molar-refractivity contribution in [2.75, 3.05) is 4.43 Å². The van der Waals surface area contributed by atoms with Crippen molar-refractivity contribution in [2.45, 2.75) is 31.3 Å². The molecular formula is C9H11IO2. The normalized spacial score (nSPS) is 34.1. The van der Waals surface area contributed by atoms with Crippen LogP contribution in [0.3, 0.4) is 0 Å². The Labute approximate surface area is 85.5 Å². The summed E-state index contributed by atoms with van der Waals surface area (Å²) in [5.74, 6) is -0.136. The van der Waals surface area contributed by atoms with E-state index in [4.69, 9.17) is 4.74 Å². The number of carbonyl (C=O) groups excluding carboxylic acids is 1. The lowest BCUT2D eigenvalue weighted by atomic mass is 9.82. The molecule has 2 aliphatic rings. The summed E-state index contributed by atoms with van der Waals surface area (Å²) in [6, 6.07) is 0. The first-order chi connectivity index (χ1) is 5.77. The summed E-state index contributed by atoms with van der Waals surface area (Å²) in [4.78, 5) is 11.1. The molecule has 3 heteroatoms. The highest BCUT2D eigenvalue weighted by Gasteiger charge is 2.43. The summed E-state index contributed by atoms with van der Waals surface area (Å²) in [7, 11) is 0. The van der Waals surface area contributed by atoms with Crippen molar-refractivity contribution in [1.29, 1.82) is 0 Å². The Morgan fingerprint density at radius 3 is 3.08 bits per heavy atom. The van der Waals surface area contributed by atoms with E-state index in [0.717, 1.165) is 17.3 Å². The molecule has 2 rings (SSSR count). The van der Waals surface area contributed by atoms with Gasteiger partial charge in [-0.2, -0.15) is 0 Å². The average Bonchev–Trinajstić information content (AvgIpc) is 2.41. The number of fused-ring (bicyclic) bond motifs is 1. The minimum atomic E-state index is -0.199. The quantitative estimate of drug-likeness (QED) is 0.417. The van der Waals surface area contributed by atoms with Gasteiger partial charge in [-0.05, 0) is 31.3 Å². The summed E-state index contributed by atoms with van der Waals surface area (Å²) in [5.41, 5.74) is 1.03. The van der Waals surface area contributed by atoms with E-state index >= 15 is 0 Å². The number of ether oxygens (including phenoxy) is 1. The zero-order chi connectivity index (χ0) is 8.60. The second-order valence-electron chi connectivity index (χ2n) is 3.43. The molecule has 1 saturated carbocycles. The van der Waals surface area contributed by atoms with E-state index in [9.17, 15) is 4.79 Å². The smallest absolute Gasteiger partial charge is 0.331 e. The molecule has 0 spiro atoms. The second kappa shape index (κ2) is 3.01. The highest BCUT2D eigenvalue weighted by atomic mass is 127. The van der Waals surface area contributed by atoms with Gasteiger partial charge in [0.05, 0.1) is 0 Å². The Hall–Kier alpha value is -0.0600. The summed E-state index contributed by atoms with van der Waals surface area (Å²) >= 11 is 2.31. The van der Waals surface area contributed by atoms with Crippen LogP contribution in [0.15, 0.2) is 11.6 Å². The topological polar surface area (TPSA) is 26.3 Å². The van der Waals surface area contributed by atoms with E-state index in [0.29, 0.717) is 0 Å². The highest BCUT2D eigenvalue weighted by Crippen LogP contribution is 2.41. The number of hydrogen-bond donors (Lipinski definition) is 0. The molecule has 0 aromatic heterocycles. The third-order valence-corrected chi connectivity index (χ3v) is 3.90. The molecule has 0 aromatic rings. The maximum Gasteiger partial charge on any atom is 0.331 e. The first kappa shape index (κ1) is 8.53. The average molecular weight is 278 g/mol. The zero-order valence-corrected chi connectivity index (χ0v) is 8.96. The molecule has 0 amide bonds. The van der Waals surface area contributed by atoms with Crippen LogP contribution in [0.5, 0.6) is 0 Å². The third-order valence-electron chi connectivity index (χ3n) is 2.67. The van der Waals surface area contributed by atoms with E-state index in [-0.39, 0.29) is 11.6 Å². The van der Waals surface area contributed by atoms with Crippen molar-refractivity contribution in [2.24, 2.45) is 0 Å². The largest absolute Gasteiger partial charge is 0.451 e. The molecule has 1 fully saturated rings. The van der Waals surface area contributed by atoms with E-state index in [1.807, 2.05) is 0 Å². The van der Waals surface area contributed by atoms with Crippen LogP contribution in [0.25, 0.3) is 0 Å². The summed E-state index contributed by atoms with van der Waals surface area (Å²) in [5, 5.41) is 0. The summed E-state index contributed by atoms with van der Waals surface area (Å²) in [6.45, 7) is 0. The number of carbonyl (C=O) groups is 1. The molecule has 0 aromatic carbocycles. The predicted octanol–water partition coefficient (Wildman–Crippen LogP) is 2.22. The Kier molecular flexibility index (Phi) is 2.14. The van der Waals surface area contributed by atoms with Crippen molar-refractivity contribution in [3.05, 3.63) is 11.6 Å². The first-order valence-electron chi connectivity index (χ1n) is 4.27. The SMILES string of the molecule is O=C1C=C2CCCCC2(CI)O1. The summed E-state index contributed by atoms with van der Waals surface area (Å²) in [6.07, 6.45) is 6.16. The molecule has 1 unspecified atom stereocenters. The van der Waals surface area contributed by atoms with E-state index in [2.05, 4.69) is 22.6 Å².